The Morgan fingerprint density at radius 3 is 1.92 bits per heavy atom. The van der Waals surface area contributed by atoms with Crippen LogP contribution in [0.3, 0.4) is 0 Å². The Kier molecular flexibility index (Phi) is 15.6. The van der Waals surface area contributed by atoms with Crippen LogP contribution in [0.5, 0.6) is 0 Å². The summed E-state index contributed by atoms with van der Waals surface area (Å²) in [6, 6.07) is 25.9. The molecule has 0 aromatic heterocycles. The monoisotopic (exact) mass is 751 g/mol. The van der Waals surface area contributed by atoms with Crippen molar-refractivity contribution < 1.29 is 49.0 Å². The summed E-state index contributed by atoms with van der Waals surface area (Å²) in [5, 5.41) is 2.85. The molecule has 3 aromatic rings. The molecule has 1 unspecified atom stereocenters. The van der Waals surface area contributed by atoms with E-state index in [1.54, 1.807) is 22.3 Å². The van der Waals surface area contributed by atoms with Crippen molar-refractivity contribution >= 4 is 14.9 Å². The minimum absolute atomic E-state index is 0. The van der Waals surface area contributed by atoms with E-state index < -0.39 is 0 Å². The van der Waals surface area contributed by atoms with Crippen molar-refractivity contribution in [3.05, 3.63) is 152 Å². The van der Waals surface area contributed by atoms with Crippen molar-refractivity contribution in [3.8, 4) is 0 Å². The molecular formula is C45H51Cl2Zr-. The second-order valence-electron chi connectivity index (χ2n) is 13.3. The predicted octanol–water partition coefficient (Wildman–Crippen LogP) is 4.48. The van der Waals surface area contributed by atoms with Gasteiger partial charge in [-0.3, -0.25) is 0 Å². The average molecular weight is 754 g/mol. The summed E-state index contributed by atoms with van der Waals surface area (Å²) in [5.74, 6) is 0. The Balaban J connectivity index is 0.000000329. The third-order valence-electron chi connectivity index (χ3n) is 9.74. The van der Waals surface area contributed by atoms with Gasteiger partial charge in [-0.05, 0) is 44.4 Å². The van der Waals surface area contributed by atoms with Crippen LogP contribution >= 0.6 is 0 Å². The summed E-state index contributed by atoms with van der Waals surface area (Å²) in [5.41, 5.74) is 15.1. The molecule has 0 saturated carbocycles. The number of hydrogen-bond donors (Lipinski definition) is 0. The van der Waals surface area contributed by atoms with Gasteiger partial charge in [0.05, 0.1) is 0 Å². The summed E-state index contributed by atoms with van der Waals surface area (Å²) < 4.78 is 1.42. The number of fused-ring (bicyclic) bond motifs is 2. The van der Waals surface area contributed by atoms with E-state index in [0.717, 1.165) is 12.8 Å². The van der Waals surface area contributed by atoms with Gasteiger partial charge in [-0.15, -0.1) is 33.7 Å². The first kappa shape index (κ1) is 40.1. The quantitative estimate of drug-likeness (QED) is 0.254. The topological polar surface area (TPSA) is 0 Å². The van der Waals surface area contributed by atoms with Gasteiger partial charge in [-0.25, -0.2) is 0 Å². The van der Waals surface area contributed by atoms with E-state index in [4.69, 9.17) is 0 Å². The molecule has 0 spiro atoms. The molecule has 48 heavy (non-hydrogen) atoms. The molecule has 0 heterocycles. The van der Waals surface area contributed by atoms with E-state index in [-0.39, 0.29) is 30.2 Å². The Morgan fingerprint density at radius 1 is 0.792 bits per heavy atom. The number of benzene rings is 3. The molecule has 0 radical (unpaired) electrons. The molecule has 0 aliphatic heterocycles. The van der Waals surface area contributed by atoms with Gasteiger partial charge in [0, 0.05) is 0 Å². The Morgan fingerprint density at radius 2 is 1.40 bits per heavy atom. The van der Waals surface area contributed by atoms with Gasteiger partial charge in [0.2, 0.25) is 0 Å². The van der Waals surface area contributed by atoms with Gasteiger partial charge in [0.1, 0.15) is 0 Å². The van der Waals surface area contributed by atoms with Crippen LogP contribution in [0.1, 0.15) is 108 Å². The van der Waals surface area contributed by atoms with Crippen LogP contribution in [0.25, 0.3) is 11.6 Å². The zero-order valence-electron chi connectivity index (χ0n) is 29.8. The number of halogens is 2. The summed E-state index contributed by atoms with van der Waals surface area (Å²) >= 11 is 1.46. The van der Waals surface area contributed by atoms with E-state index in [1.807, 2.05) is 0 Å². The normalized spacial score (nSPS) is 17.4. The molecule has 3 heteroatoms. The summed E-state index contributed by atoms with van der Waals surface area (Å²) in [7, 11) is 0. The Hall–Kier alpha value is -2.31. The number of allylic oxidation sites excluding steroid dienone is 8. The molecular weight excluding hydrogens is 703 g/mol. The van der Waals surface area contributed by atoms with Crippen LogP contribution in [-0.2, 0) is 30.7 Å². The first-order chi connectivity index (χ1) is 22.4. The summed E-state index contributed by atoms with van der Waals surface area (Å²) in [6.45, 7) is 14.2. The van der Waals surface area contributed by atoms with Crippen LogP contribution in [0.15, 0.2) is 119 Å². The van der Waals surface area contributed by atoms with E-state index >= 15 is 0 Å². The standard InChI is InChI=1S/C32H41.C13H10.2ClH.Zr/c1-7-13-24-19-22(5)20-25-21-27-30(29(24)25)26(14-8-2)28(15-9-3)32(6,18-10-4)31(27)23-16-11-12-17-23;1-3-7-12(8-4-1)11-13-9-5-2-6-10-13;;;/h11-12,16,19-20H,7-10,13-15,17-18H2,1-6H3;1-10H;2*1H;/q-1;;;;+2/p-2. The van der Waals surface area contributed by atoms with Crippen molar-refractivity contribution in [2.24, 2.45) is 5.41 Å². The van der Waals surface area contributed by atoms with E-state index in [2.05, 4.69) is 139 Å². The molecule has 0 nitrogen and oxygen atoms in total. The summed E-state index contributed by atoms with van der Waals surface area (Å²) in [6.07, 6.45) is 21.6. The number of hydrogen-bond acceptors (Lipinski definition) is 0. The third-order valence-corrected chi connectivity index (χ3v) is 11.2. The first-order valence-corrected chi connectivity index (χ1v) is 18.9. The van der Waals surface area contributed by atoms with Crippen LogP contribution in [-0.4, -0.2) is 3.21 Å². The van der Waals surface area contributed by atoms with Crippen molar-refractivity contribution in [3.63, 3.8) is 0 Å². The molecule has 0 bridgehead atoms. The molecule has 3 aromatic carbocycles. The van der Waals surface area contributed by atoms with E-state index in [1.165, 1.54) is 116 Å². The van der Waals surface area contributed by atoms with Crippen LogP contribution in [0, 0.1) is 12.3 Å². The molecule has 0 fully saturated rings. The Bertz CT molecular complexity index is 1780. The minimum atomic E-state index is 0. The van der Waals surface area contributed by atoms with Crippen molar-refractivity contribution in [1.29, 1.82) is 0 Å². The fraction of sp³-hybridized carbons (Fsp3) is 0.356. The van der Waals surface area contributed by atoms with E-state index in [9.17, 15) is 0 Å². The van der Waals surface area contributed by atoms with Gasteiger partial charge >= 0.3 is 99.2 Å². The fourth-order valence-corrected chi connectivity index (χ4v) is 8.77. The molecule has 3 aliphatic carbocycles. The zero-order valence-corrected chi connectivity index (χ0v) is 33.8. The maximum atomic E-state index is 4.01. The van der Waals surface area contributed by atoms with Gasteiger partial charge in [-0.1, -0.05) is 118 Å². The van der Waals surface area contributed by atoms with E-state index in [0.29, 0.717) is 0 Å². The second-order valence-corrected chi connectivity index (χ2v) is 14.5. The number of aryl methyl sites for hydroxylation is 2. The summed E-state index contributed by atoms with van der Waals surface area (Å²) in [4.78, 5) is 0. The van der Waals surface area contributed by atoms with Crippen LogP contribution in [0.4, 0.5) is 0 Å². The predicted molar refractivity (Wildman–Crippen MR) is 196 cm³/mol. The van der Waals surface area contributed by atoms with Crippen molar-refractivity contribution in [2.45, 2.75) is 99.3 Å². The second kappa shape index (κ2) is 18.6. The molecule has 3 aliphatic rings. The van der Waals surface area contributed by atoms with Gasteiger partial charge in [0.25, 0.3) is 0 Å². The third kappa shape index (κ3) is 8.34. The van der Waals surface area contributed by atoms with Gasteiger partial charge in [0.15, 0.2) is 0 Å². The molecule has 1 atom stereocenters. The van der Waals surface area contributed by atoms with Crippen molar-refractivity contribution in [1.82, 2.24) is 0 Å². The van der Waals surface area contributed by atoms with Crippen LogP contribution in [0.2, 0.25) is 0 Å². The van der Waals surface area contributed by atoms with Crippen LogP contribution < -0.4 is 35.3 Å². The molecule has 250 valence electrons. The van der Waals surface area contributed by atoms with Crippen molar-refractivity contribution in [2.75, 3.05) is 0 Å². The van der Waals surface area contributed by atoms with Gasteiger partial charge in [-0.2, -0.15) is 0 Å². The first-order valence-electron chi connectivity index (χ1n) is 17.7. The SMILES string of the molecule is CCCC1=C(CCC)C(C)(CCC)C(C2=CC=CC2)=C2[C-]=c3cc(C)cc(CCC)c3=C21.[Cl-].[Cl-].[Zr+2]=[C](c1ccccc1)c1ccccc1. The Labute approximate surface area is 318 Å². The molecule has 0 saturated heterocycles. The maximum absolute atomic E-state index is 4.01. The molecule has 0 amide bonds. The molecule has 0 N–H and O–H groups in total. The zero-order chi connectivity index (χ0) is 32.7. The van der Waals surface area contributed by atoms with Gasteiger partial charge < -0.3 is 24.8 Å². The average Bonchev–Trinajstić information content (AvgIpc) is 3.72. The fourth-order valence-electron chi connectivity index (χ4n) is 7.95. The number of rotatable bonds is 11. The molecule has 6 rings (SSSR count).